The monoisotopic (exact) mass is 405 g/mol. The molecule has 3 aliphatic rings. The fourth-order valence-electron chi connectivity index (χ4n) is 4.17. The Kier molecular flexibility index (Phi) is 4.09. The van der Waals surface area contributed by atoms with Gasteiger partial charge in [0, 0.05) is 24.6 Å². The van der Waals surface area contributed by atoms with Crippen LogP contribution < -0.4 is 4.90 Å². The van der Waals surface area contributed by atoms with E-state index in [4.69, 9.17) is 4.99 Å². The fraction of sp³-hybridized carbons (Fsp3) is 0.227. The molecule has 2 aromatic carbocycles. The summed E-state index contributed by atoms with van der Waals surface area (Å²) >= 11 is 0. The number of carbonyl (C=O) groups excluding carboxylic acids is 2. The summed E-state index contributed by atoms with van der Waals surface area (Å²) in [4.78, 5) is 37.5. The molecule has 2 atom stereocenters. The first-order valence-corrected chi connectivity index (χ1v) is 9.68. The highest BCUT2D eigenvalue weighted by atomic mass is 19.1. The van der Waals surface area contributed by atoms with Crippen LogP contribution >= 0.6 is 0 Å². The van der Waals surface area contributed by atoms with Gasteiger partial charge in [0.2, 0.25) is 5.96 Å². The van der Waals surface area contributed by atoms with Crippen molar-refractivity contribution in [3.05, 3.63) is 77.9 Å². The van der Waals surface area contributed by atoms with E-state index in [1.807, 2.05) is 53.3 Å². The first kappa shape index (κ1) is 18.4. The van der Waals surface area contributed by atoms with Crippen molar-refractivity contribution in [2.75, 3.05) is 11.9 Å². The molecule has 0 aromatic heterocycles. The van der Waals surface area contributed by atoms with Gasteiger partial charge in [-0.05, 0) is 36.8 Å². The number of benzene rings is 2. The van der Waals surface area contributed by atoms with Gasteiger partial charge in [-0.1, -0.05) is 30.3 Å². The normalized spacial score (nSPS) is 22.9. The summed E-state index contributed by atoms with van der Waals surface area (Å²) in [6.45, 7) is 2.11. The minimum atomic E-state index is -0.633. The molecule has 1 fully saturated rings. The van der Waals surface area contributed by atoms with Gasteiger partial charge in [-0.15, -0.1) is 0 Å². The van der Waals surface area contributed by atoms with Crippen LogP contribution in [-0.4, -0.2) is 51.9 Å². The summed E-state index contributed by atoms with van der Waals surface area (Å²) in [7, 11) is 1.66. The molecule has 0 N–H and O–H groups in total. The predicted octanol–water partition coefficient (Wildman–Crippen LogP) is 2.97. The number of hydrogen-bond donors (Lipinski definition) is 0. The Balaban J connectivity index is 1.48. The number of anilines is 1. The Bertz CT molecular complexity index is 1080. The third-order valence-electron chi connectivity index (χ3n) is 5.66. The number of hydrogen-bond acceptors (Lipinski definition) is 5. The van der Waals surface area contributed by atoms with Gasteiger partial charge in [0.15, 0.2) is 12.2 Å². The number of guanidine groups is 1. The van der Waals surface area contributed by atoms with E-state index < -0.39 is 12.2 Å². The lowest BCUT2D eigenvalue weighted by molar-refractivity contribution is -0.137. The molecule has 0 radical (unpaired) electrons. The van der Waals surface area contributed by atoms with Crippen molar-refractivity contribution in [2.24, 2.45) is 4.99 Å². The molecule has 30 heavy (non-hydrogen) atoms. The Labute approximate surface area is 173 Å². The molecule has 3 amide bonds. The molecule has 3 aliphatic heterocycles. The molecule has 2 unspecified atom stereocenters. The van der Waals surface area contributed by atoms with E-state index in [2.05, 4.69) is 0 Å². The van der Waals surface area contributed by atoms with Crippen LogP contribution in [0.2, 0.25) is 0 Å². The van der Waals surface area contributed by atoms with Crippen LogP contribution in [0.25, 0.3) is 0 Å². The van der Waals surface area contributed by atoms with Crippen LogP contribution in [0.4, 0.5) is 14.9 Å². The molecule has 152 valence electrons. The lowest BCUT2D eigenvalue weighted by atomic mass is 10.1. The number of rotatable bonds is 3. The Morgan fingerprint density at radius 3 is 2.43 bits per heavy atom. The molecular formula is C22H20FN5O2. The summed E-state index contributed by atoms with van der Waals surface area (Å²) in [6.07, 6.45) is 1.24. The zero-order valence-electron chi connectivity index (χ0n) is 16.6. The maximum Gasteiger partial charge on any atom is 0.328 e. The first-order chi connectivity index (χ1) is 14.5. The molecule has 7 nitrogen and oxygen atoms in total. The third-order valence-corrected chi connectivity index (χ3v) is 5.66. The van der Waals surface area contributed by atoms with Gasteiger partial charge in [-0.25, -0.2) is 14.2 Å². The van der Waals surface area contributed by atoms with Crippen molar-refractivity contribution < 1.29 is 14.0 Å². The van der Waals surface area contributed by atoms with Gasteiger partial charge >= 0.3 is 6.03 Å². The third kappa shape index (κ3) is 2.67. The van der Waals surface area contributed by atoms with E-state index in [1.54, 1.807) is 19.2 Å². The predicted molar refractivity (Wildman–Crippen MR) is 110 cm³/mol. The van der Waals surface area contributed by atoms with Crippen molar-refractivity contribution in [1.82, 2.24) is 14.7 Å². The van der Waals surface area contributed by atoms with Crippen molar-refractivity contribution in [3.8, 4) is 0 Å². The summed E-state index contributed by atoms with van der Waals surface area (Å²) in [6, 6.07) is 14.5. The number of halogens is 1. The summed E-state index contributed by atoms with van der Waals surface area (Å²) in [5.74, 6) is -0.0464. The largest absolute Gasteiger partial charge is 0.328 e. The Morgan fingerprint density at radius 1 is 1.03 bits per heavy atom. The molecule has 1 saturated heterocycles. The average Bonchev–Trinajstić information content (AvgIpc) is 3.26. The molecule has 0 spiro atoms. The fourth-order valence-corrected chi connectivity index (χ4v) is 4.17. The molecule has 8 heteroatoms. The van der Waals surface area contributed by atoms with E-state index in [-0.39, 0.29) is 24.3 Å². The van der Waals surface area contributed by atoms with Crippen molar-refractivity contribution >= 4 is 23.6 Å². The minimum Gasteiger partial charge on any atom is -0.302 e. The van der Waals surface area contributed by atoms with Gasteiger partial charge in [0.05, 0.1) is 6.54 Å². The minimum absolute atomic E-state index is 0.208. The highest BCUT2D eigenvalue weighted by Crippen LogP contribution is 2.36. The quantitative estimate of drug-likeness (QED) is 0.788. The molecule has 0 bridgehead atoms. The van der Waals surface area contributed by atoms with Crippen LogP contribution in [0.15, 0.2) is 71.5 Å². The molecular weight excluding hydrogens is 385 g/mol. The van der Waals surface area contributed by atoms with Crippen LogP contribution in [0, 0.1) is 5.82 Å². The Hall–Kier alpha value is -3.68. The summed E-state index contributed by atoms with van der Waals surface area (Å²) < 4.78 is 13.4. The Morgan fingerprint density at radius 2 is 1.73 bits per heavy atom. The van der Waals surface area contributed by atoms with E-state index in [0.29, 0.717) is 5.96 Å². The second-order valence-electron chi connectivity index (χ2n) is 7.58. The van der Waals surface area contributed by atoms with E-state index in [1.165, 1.54) is 21.9 Å². The zero-order valence-corrected chi connectivity index (χ0v) is 16.6. The number of likely N-dealkylation sites (N-methyl/N-ethyl adjacent to an activating group) is 1. The lowest BCUT2D eigenvalue weighted by Gasteiger charge is -2.40. The highest BCUT2D eigenvalue weighted by molar-refractivity contribution is 6.09. The smallest absolute Gasteiger partial charge is 0.302 e. The molecule has 2 aromatic rings. The molecule has 0 saturated carbocycles. The number of aliphatic imine (C=N–C) groups is 1. The number of imide groups is 1. The van der Waals surface area contributed by atoms with Crippen molar-refractivity contribution in [1.29, 1.82) is 0 Å². The van der Waals surface area contributed by atoms with Crippen molar-refractivity contribution in [3.63, 3.8) is 0 Å². The topological polar surface area (TPSA) is 59.5 Å². The first-order valence-electron chi connectivity index (χ1n) is 9.68. The maximum absolute atomic E-state index is 13.4. The number of carbonyl (C=O) groups is 2. The van der Waals surface area contributed by atoms with Gasteiger partial charge in [0.25, 0.3) is 5.91 Å². The number of nitrogens with zero attached hydrogens (tertiary/aromatic N) is 5. The maximum atomic E-state index is 13.4. The number of urea groups is 1. The van der Waals surface area contributed by atoms with E-state index in [0.717, 1.165) is 16.9 Å². The average molecular weight is 405 g/mol. The molecule has 3 heterocycles. The SMILES string of the molecule is CC1=CN2C(=NC3C2C(=O)N(Cc2ccccc2)C(=O)N3C)N1c1ccc(F)cc1. The highest BCUT2D eigenvalue weighted by Gasteiger charge is 2.54. The summed E-state index contributed by atoms with van der Waals surface area (Å²) in [5, 5.41) is 0. The lowest BCUT2D eigenvalue weighted by Crippen LogP contribution is -2.63. The van der Waals surface area contributed by atoms with E-state index >= 15 is 0 Å². The van der Waals surface area contributed by atoms with Crippen LogP contribution in [0.3, 0.4) is 0 Å². The second-order valence-corrected chi connectivity index (χ2v) is 7.58. The van der Waals surface area contributed by atoms with Gasteiger partial charge in [-0.3, -0.25) is 14.6 Å². The van der Waals surface area contributed by atoms with Crippen LogP contribution in [-0.2, 0) is 11.3 Å². The number of allylic oxidation sites excluding steroid dienone is 1. The number of amides is 3. The second kappa shape index (κ2) is 6.69. The molecule has 5 rings (SSSR count). The standard InChI is InChI=1S/C22H20FN5O2/c1-14-12-26-18-19(24-21(26)28(14)17-10-8-16(23)9-11-17)25(2)22(30)27(20(18)29)13-15-6-4-3-5-7-15/h3-12,18-19H,13H2,1-2H3. The zero-order chi connectivity index (χ0) is 21.0. The number of fused-ring (bicyclic) bond motifs is 3. The summed E-state index contributed by atoms with van der Waals surface area (Å²) in [5.41, 5.74) is 2.49. The van der Waals surface area contributed by atoms with Crippen LogP contribution in [0.5, 0.6) is 0 Å². The van der Waals surface area contributed by atoms with Gasteiger partial charge in [-0.2, -0.15) is 0 Å². The van der Waals surface area contributed by atoms with Crippen molar-refractivity contribution in [2.45, 2.75) is 25.7 Å². The molecule has 0 aliphatic carbocycles. The van der Waals surface area contributed by atoms with E-state index in [9.17, 15) is 14.0 Å². The van der Waals surface area contributed by atoms with Gasteiger partial charge in [0.1, 0.15) is 5.82 Å². The van der Waals surface area contributed by atoms with Gasteiger partial charge < -0.3 is 9.80 Å². The van der Waals surface area contributed by atoms with Crippen LogP contribution in [0.1, 0.15) is 12.5 Å².